The monoisotopic (exact) mass is 305 g/mol. The van der Waals surface area contributed by atoms with Crippen LogP contribution in [0.3, 0.4) is 0 Å². The summed E-state index contributed by atoms with van der Waals surface area (Å²) in [5.74, 6) is -0.131. The lowest BCUT2D eigenvalue weighted by molar-refractivity contribution is 0.0937. The van der Waals surface area contributed by atoms with Crippen molar-refractivity contribution in [1.82, 2.24) is 5.32 Å². The van der Waals surface area contributed by atoms with Gasteiger partial charge in [0.15, 0.2) is 11.5 Å². The molecule has 4 nitrogen and oxygen atoms in total. The van der Waals surface area contributed by atoms with Gasteiger partial charge in [-0.25, -0.2) is 0 Å². The summed E-state index contributed by atoms with van der Waals surface area (Å²) in [4.78, 5) is 14.7. The predicted octanol–water partition coefficient (Wildman–Crippen LogP) is 3.13. The third-order valence-electron chi connectivity index (χ3n) is 3.14. The number of carbonyl (C=O) groups excluding carboxylic acids is 1. The van der Waals surface area contributed by atoms with Crippen molar-refractivity contribution in [2.24, 2.45) is 0 Å². The molecular weight excluding hydrogens is 286 g/mol. The van der Waals surface area contributed by atoms with Crippen LogP contribution >= 0.6 is 11.3 Å². The van der Waals surface area contributed by atoms with E-state index in [0.717, 1.165) is 6.42 Å². The first-order valence-corrected chi connectivity index (χ1v) is 7.55. The Labute approximate surface area is 128 Å². The third-order valence-corrected chi connectivity index (χ3v) is 4.17. The lowest BCUT2D eigenvalue weighted by Crippen LogP contribution is -2.33. The normalized spacial score (nSPS) is 12.0. The number of amides is 1. The number of phenolic OH excluding ortho intramolecular Hbond substituents is 1. The zero-order chi connectivity index (χ0) is 15.4. The Kier molecular flexibility index (Phi) is 4.85. The van der Waals surface area contributed by atoms with Crippen LogP contribution in [0.4, 0.5) is 0 Å². The Hall–Kier alpha value is -2.01. The van der Waals surface area contributed by atoms with Crippen LogP contribution in [0.15, 0.2) is 30.3 Å². The van der Waals surface area contributed by atoms with E-state index in [1.807, 2.05) is 6.92 Å². The fourth-order valence-electron chi connectivity index (χ4n) is 2.12. The number of thiophene rings is 1. The first-order chi connectivity index (χ1) is 10.0. The molecule has 2 rings (SSSR count). The Bertz CT molecular complexity index is 636. The molecule has 0 aliphatic carbocycles. The molecule has 0 saturated carbocycles. The van der Waals surface area contributed by atoms with Gasteiger partial charge < -0.3 is 15.2 Å². The van der Waals surface area contributed by atoms with Crippen molar-refractivity contribution in [3.8, 4) is 11.5 Å². The summed E-state index contributed by atoms with van der Waals surface area (Å²) in [6.45, 7) is 4.01. The molecule has 0 radical (unpaired) electrons. The van der Waals surface area contributed by atoms with Crippen LogP contribution in [0.1, 0.15) is 27.0 Å². The standard InChI is InChI=1S/C16H19NO3S/c1-10(9-12-8-7-11(2)21-12)17-16(19)13-5-4-6-14(20-3)15(13)18/h4-8,10,18H,9H2,1-3H3,(H,17,19). The Balaban J connectivity index is 2.04. The summed E-state index contributed by atoms with van der Waals surface area (Å²) in [5, 5.41) is 12.9. The average molecular weight is 305 g/mol. The molecule has 1 aromatic heterocycles. The van der Waals surface area contributed by atoms with Crippen LogP contribution in [0.5, 0.6) is 11.5 Å². The van der Waals surface area contributed by atoms with Gasteiger partial charge in [-0.1, -0.05) is 6.07 Å². The minimum Gasteiger partial charge on any atom is -0.504 e. The molecule has 0 aliphatic rings. The molecule has 112 valence electrons. The number of hydrogen-bond donors (Lipinski definition) is 2. The van der Waals surface area contributed by atoms with E-state index in [1.165, 1.54) is 16.9 Å². The minimum atomic E-state index is -0.299. The van der Waals surface area contributed by atoms with Gasteiger partial charge in [0.25, 0.3) is 5.91 Å². The SMILES string of the molecule is COc1cccc(C(=O)NC(C)Cc2ccc(C)s2)c1O. The molecule has 1 unspecified atom stereocenters. The molecule has 0 saturated heterocycles. The molecule has 0 spiro atoms. The first kappa shape index (κ1) is 15.4. The number of aryl methyl sites for hydroxylation is 1. The second-order valence-electron chi connectivity index (χ2n) is 4.95. The molecule has 1 atom stereocenters. The molecule has 21 heavy (non-hydrogen) atoms. The van der Waals surface area contributed by atoms with Gasteiger partial charge in [0.2, 0.25) is 0 Å². The quantitative estimate of drug-likeness (QED) is 0.892. The maximum Gasteiger partial charge on any atom is 0.255 e. The summed E-state index contributed by atoms with van der Waals surface area (Å²) in [7, 11) is 1.46. The van der Waals surface area contributed by atoms with Crippen LogP contribution in [-0.4, -0.2) is 24.2 Å². The number of carbonyl (C=O) groups is 1. The fraction of sp³-hybridized carbons (Fsp3) is 0.312. The number of aromatic hydroxyl groups is 1. The highest BCUT2D eigenvalue weighted by Crippen LogP contribution is 2.29. The Morgan fingerprint density at radius 3 is 2.76 bits per heavy atom. The lowest BCUT2D eigenvalue weighted by atomic mass is 10.1. The minimum absolute atomic E-state index is 0.0128. The van der Waals surface area contributed by atoms with E-state index in [9.17, 15) is 9.90 Å². The van der Waals surface area contributed by atoms with Crippen molar-refractivity contribution in [2.45, 2.75) is 26.3 Å². The first-order valence-electron chi connectivity index (χ1n) is 6.73. The van der Waals surface area contributed by atoms with Gasteiger partial charge in [0, 0.05) is 22.2 Å². The molecule has 2 aromatic rings. The van der Waals surface area contributed by atoms with Crippen LogP contribution < -0.4 is 10.1 Å². The number of ether oxygens (including phenoxy) is 1. The fourth-order valence-corrected chi connectivity index (χ4v) is 3.14. The summed E-state index contributed by atoms with van der Waals surface area (Å²) in [6, 6.07) is 9.01. The second-order valence-corrected chi connectivity index (χ2v) is 6.32. The summed E-state index contributed by atoms with van der Waals surface area (Å²) >= 11 is 1.73. The number of phenols is 1. The summed E-state index contributed by atoms with van der Waals surface area (Å²) in [5.41, 5.74) is 0.226. The molecule has 1 aromatic carbocycles. The lowest BCUT2D eigenvalue weighted by Gasteiger charge is -2.14. The van der Waals surface area contributed by atoms with Crippen molar-refractivity contribution in [1.29, 1.82) is 0 Å². The van der Waals surface area contributed by atoms with Crippen LogP contribution in [0, 0.1) is 6.92 Å². The second kappa shape index (κ2) is 6.63. The van der Waals surface area contributed by atoms with Gasteiger partial charge in [-0.05, 0) is 38.1 Å². The topological polar surface area (TPSA) is 58.6 Å². The van der Waals surface area contributed by atoms with E-state index >= 15 is 0 Å². The van der Waals surface area contributed by atoms with Crippen molar-refractivity contribution in [3.63, 3.8) is 0 Å². The average Bonchev–Trinajstić information content (AvgIpc) is 2.83. The van der Waals surface area contributed by atoms with Gasteiger partial charge in [0.1, 0.15) is 0 Å². The molecule has 2 N–H and O–H groups in total. The predicted molar refractivity (Wildman–Crippen MR) is 84.3 cm³/mol. The number of nitrogens with one attached hydrogen (secondary N) is 1. The Morgan fingerprint density at radius 2 is 2.14 bits per heavy atom. The molecule has 1 heterocycles. The number of para-hydroxylation sites is 1. The zero-order valence-corrected chi connectivity index (χ0v) is 13.2. The smallest absolute Gasteiger partial charge is 0.255 e. The molecule has 5 heteroatoms. The van der Waals surface area contributed by atoms with E-state index in [2.05, 4.69) is 24.4 Å². The highest BCUT2D eigenvalue weighted by Gasteiger charge is 2.17. The molecule has 0 aliphatic heterocycles. The summed E-state index contributed by atoms with van der Waals surface area (Å²) < 4.78 is 5.01. The number of hydrogen-bond acceptors (Lipinski definition) is 4. The largest absolute Gasteiger partial charge is 0.504 e. The van der Waals surface area contributed by atoms with Crippen LogP contribution in [0.2, 0.25) is 0 Å². The van der Waals surface area contributed by atoms with E-state index in [1.54, 1.807) is 29.5 Å². The van der Waals surface area contributed by atoms with Gasteiger partial charge in [0.05, 0.1) is 12.7 Å². The van der Waals surface area contributed by atoms with Crippen molar-refractivity contribution in [3.05, 3.63) is 45.6 Å². The highest BCUT2D eigenvalue weighted by atomic mass is 32.1. The highest BCUT2D eigenvalue weighted by molar-refractivity contribution is 7.11. The molecular formula is C16H19NO3S. The van der Waals surface area contributed by atoms with E-state index in [-0.39, 0.29) is 23.3 Å². The molecule has 0 bridgehead atoms. The summed E-state index contributed by atoms with van der Waals surface area (Å²) in [6.07, 6.45) is 0.773. The van der Waals surface area contributed by atoms with Crippen molar-refractivity contribution in [2.75, 3.05) is 7.11 Å². The third kappa shape index (κ3) is 3.76. The van der Waals surface area contributed by atoms with Gasteiger partial charge in [-0.3, -0.25) is 4.79 Å². The number of benzene rings is 1. The molecule has 0 fully saturated rings. The van der Waals surface area contributed by atoms with Gasteiger partial charge in [-0.15, -0.1) is 11.3 Å². The Morgan fingerprint density at radius 1 is 1.38 bits per heavy atom. The van der Waals surface area contributed by atoms with Gasteiger partial charge in [-0.2, -0.15) is 0 Å². The van der Waals surface area contributed by atoms with E-state index in [0.29, 0.717) is 5.75 Å². The zero-order valence-electron chi connectivity index (χ0n) is 12.3. The van der Waals surface area contributed by atoms with Crippen molar-refractivity contribution >= 4 is 17.2 Å². The van der Waals surface area contributed by atoms with Crippen molar-refractivity contribution < 1.29 is 14.6 Å². The molecule has 1 amide bonds. The maximum atomic E-state index is 12.2. The van der Waals surface area contributed by atoms with Gasteiger partial charge >= 0.3 is 0 Å². The van der Waals surface area contributed by atoms with E-state index in [4.69, 9.17) is 4.74 Å². The number of methoxy groups -OCH3 is 1. The maximum absolute atomic E-state index is 12.2. The number of rotatable bonds is 5. The van der Waals surface area contributed by atoms with Crippen LogP contribution in [0.25, 0.3) is 0 Å². The van der Waals surface area contributed by atoms with Crippen LogP contribution in [-0.2, 0) is 6.42 Å². The van der Waals surface area contributed by atoms with E-state index < -0.39 is 0 Å².